The first-order valence-corrected chi connectivity index (χ1v) is 10.6. The van der Waals surface area contributed by atoms with Crippen LogP contribution in [-0.2, 0) is 21.0 Å². The van der Waals surface area contributed by atoms with Crippen molar-refractivity contribution in [3.8, 4) is 0 Å². The van der Waals surface area contributed by atoms with Crippen molar-refractivity contribution in [2.45, 2.75) is 11.1 Å². The Labute approximate surface area is 172 Å². The molecule has 0 aliphatic carbocycles. The number of hydrogen-bond acceptors (Lipinski definition) is 5. The average Bonchev–Trinajstić information content (AvgIpc) is 3.25. The Bertz CT molecular complexity index is 1340. The van der Waals surface area contributed by atoms with E-state index in [1.54, 1.807) is 12.1 Å². The van der Waals surface area contributed by atoms with Crippen LogP contribution in [0.25, 0.3) is 17.0 Å². The zero-order valence-corrected chi connectivity index (χ0v) is 16.4. The van der Waals surface area contributed by atoms with E-state index >= 15 is 0 Å². The van der Waals surface area contributed by atoms with Crippen LogP contribution in [-0.4, -0.2) is 23.5 Å². The molecule has 3 aromatic rings. The number of nitrogens with one attached hydrogen (secondary N) is 1. The highest BCUT2D eigenvalue weighted by Gasteiger charge is 2.32. The largest absolute Gasteiger partial charge is 0.416 e. The number of carbonyl (C=O) groups is 2. The highest BCUT2D eigenvalue weighted by Crippen LogP contribution is 2.33. The highest BCUT2D eigenvalue weighted by atomic mass is 32.2. The second-order valence-corrected chi connectivity index (χ2v) is 9.10. The van der Waals surface area contributed by atoms with Crippen LogP contribution in [0.5, 0.6) is 0 Å². The molecule has 11 heteroatoms. The minimum absolute atomic E-state index is 0.154. The number of rotatable bonds is 3. The van der Waals surface area contributed by atoms with Gasteiger partial charge in [0.2, 0.25) is 0 Å². The standard InChI is InChI=1S/C19H11F3N2O4S2/c20-19(21,22)12-4-2-5-13(10-12)30(27,28)24-8-7-14-11(3-1-6-15(14)24)9-16-17(25)23-18(26)29-16/h1-10H,(H,23,25,26). The number of thioether (sulfide) groups is 1. The summed E-state index contributed by atoms with van der Waals surface area (Å²) in [6.45, 7) is 0. The fourth-order valence-electron chi connectivity index (χ4n) is 3.01. The molecule has 0 radical (unpaired) electrons. The first-order chi connectivity index (χ1) is 14.1. The molecule has 0 unspecified atom stereocenters. The third-order valence-electron chi connectivity index (χ3n) is 4.38. The number of fused-ring (bicyclic) bond motifs is 1. The Morgan fingerprint density at radius 3 is 2.43 bits per heavy atom. The number of imide groups is 1. The van der Waals surface area contributed by atoms with Gasteiger partial charge in [-0.05, 0) is 53.7 Å². The average molecular weight is 452 g/mol. The molecule has 2 amide bonds. The highest BCUT2D eigenvalue weighted by molar-refractivity contribution is 8.18. The molecule has 2 aromatic carbocycles. The molecule has 0 atom stereocenters. The number of carbonyl (C=O) groups excluding carboxylic acids is 2. The Hall–Kier alpha value is -3.05. The second kappa shape index (κ2) is 7.03. The van der Waals surface area contributed by atoms with Gasteiger partial charge in [0, 0.05) is 11.6 Å². The maximum Gasteiger partial charge on any atom is 0.416 e. The molecular formula is C19H11F3N2O4S2. The van der Waals surface area contributed by atoms with Gasteiger partial charge in [-0.15, -0.1) is 0 Å². The van der Waals surface area contributed by atoms with Crippen LogP contribution in [0, 0.1) is 0 Å². The molecule has 1 fully saturated rings. The van der Waals surface area contributed by atoms with Gasteiger partial charge in [0.15, 0.2) is 0 Å². The van der Waals surface area contributed by atoms with Gasteiger partial charge in [0.25, 0.3) is 21.2 Å². The van der Waals surface area contributed by atoms with E-state index in [2.05, 4.69) is 5.32 Å². The molecule has 4 rings (SSSR count). The van der Waals surface area contributed by atoms with Crippen molar-refractivity contribution in [1.82, 2.24) is 9.29 Å². The first kappa shape index (κ1) is 20.2. The number of hydrogen-bond donors (Lipinski definition) is 1. The van der Waals surface area contributed by atoms with E-state index in [1.807, 2.05) is 0 Å². The summed E-state index contributed by atoms with van der Waals surface area (Å²) in [6, 6.07) is 9.65. The minimum atomic E-state index is -4.68. The lowest BCUT2D eigenvalue weighted by Gasteiger charge is -2.11. The lowest BCUT2D eigenvalue weighted by molar-refractivity contribution is -0.137. The van der Waals surface area contributed by atoms with Gasteiger partial charge in [0.1, 0.15) is 0 Å². The monoisotopic (exact) mass is 452 g/mol. The maximum absolute atomic E-state index is 13.0. The van der Waals surface area contributed by atoms with Crippen molar-refractivity contribution in [2.75, 3.05) is 0 Å². The first-order valence-electron chi connectivity index (χ1n) is 8.35. The fourth-order valence-corrected chi connectivity index (χ4v) is 5.08. The van der Waals surface area contributed by atoms with Crippen LogP contribution >= 0.6 is 11.8 Å². The molecule has 1 saturated heterocycles. The molecule has 1 aromatic heterocycles. The summed E-state index contributed by atoms with van der Waals surface area (Å²) >= 11 is 0.720. The number of halogens is 3. The molecule has 154 valence electrons. The quantitative estimate of drug-likeness (QED) is 0.602. The van der Waals surface area contributed by atoms with Gasteiger partial charge in [-0.2, -0.15) is 13.2 Å². The zero-order chi connectivity index (χ0) is 21.7. The zero-order valence-electron chi connectivity index (χ0n) is 14.8. The van der Waals surface area contributed by atoms with Crippen molar-refractivity contribution in [3.63, 3.8) is 0 Å². The number of nitrogens with zero attached hydrogens (tertiary/aromatic N) is 1. The normalized spacial score (nSPS) is 16.4. The van der Waals surface area contributed by atoms with E-state index in [0.29, 0.717) is 17.0 Å². The Balaban J connectivity index is 1.83. The van der Waals surface area contributed by atoms with Crippen molar-refractivity contribution in [1.29, 1.82) is 0 Å². The van der Waals surface area contributed by atoms with E-state index in [1.165, 1.54) is 24.4 Å². The summed E-state index contributed by atoms with van der Waals surface area (Å²) in [6.07, 6.45) is -2.00. The predicted octanol–water partition coefficient (Wildman–Crippen LogP) is 4.22. The van der Waals surface area contributed by atoms with Gasteiger partial charge < -0.3 is 0 Å². The molecule has 0 bridgehead atoms. The summed E-state index contributed by atoms with van der Waals surface area (Å²) in [7, 11) is -4.31. The number of aromatic nitrogens is 1. The van der Waals surface area contributed by atoms with Gasteiger partial charge in [-0.1, -0.05) is 18.2 Å². The minimum Gasteiger partial charge on any atom is -0.282 e. The summed E-state index contributed by atoms with van der Waals surface area (Å²) in [5.41, 5.74) is -0.367. The lowest BCUT2D eigenvalue weighted by atomic mass is 10.1. The molecule has 1 N–H and O–H groups in total. The smallest absolute Gasteiger partial charge is 0.282 e. The van der Waals surface area contributed by atoms with Gasteiger partial charge in [-0.25, -0.2) is 12.4 Å². The number of amides is 2. The van der Waals surface area contributed by atoms with Crippen molar-refractivity contribution in [2.24, 2.45) is 0 Å². The summed E-state index contributed by atoms with van der Waals surface area (Å²) < 4.78 is 65.9. The van der Waals surface area contributed by atoms with E-state index in [-0.39, 0.29) is 10.4 Å². The molecule has 6 nitrogen and oxygen atoms in total. The van der Waals surface area contributed by atoms with Crippen LogP contribution in [0.15, 0.2) is 64.5 Å². The summed E-state index contributed by atoms with van der Waals surface area (Å²) in [5, 5.41) is 2.07. The Morgan fingerprint density at radius 2 is 1.77 bits per heavy atom. The van der Waals surface area contributed by atoms with E-state index in [9.17, 15) is 31.2 Å². The fraction of sp³-hybridized carbons (Fsp3) is 0.0526. The van der Waals surface area contributed by atoms with E-state index < -0.39 is 37.8 Å². The maximum atomic E-state index is 13.0. The molecule has 1 aliphatic rings. The van der Waals surface area contributed by atoms with E-state index in [0.717, 1.165) is 33.9 Å². The van der Waals surface area contributed by atoms with Crippen molar-refractivity contribution < 1.29 is 31.2 Å². The third kappa shape index (κ3) is 3.50. The van der Waals surface area contributed by atoms with Gasteiger partial charge in [-0.3, -0.25) is 14.9 Å². The van der Waals surface area contributed by atoms with Crippen molar-refractivity contribution >= 4 is 49.9 Å². The van der Waals surface area contributed by atoms with E-state index in [4.69, 9.17) is 0 Å². The van der Waals surface area contributed by atoms with Crippen LogP contribution in [0.2, 0.25) is 0 Å². The molecule has 30 heavy (non-hydrogen) atoms. The molecule has 1 aliphatic heterocycles. The SMILES string of the molecule is O=C1NC(=O)C(=Cc2cccc3c2ccn3S(=O)(=O)c2cccc(C(F)(F)F)c2)S1. The number of alkyl halides is 3. The van der Waals surface area contributed by atoms with Crippen LogP contribution in [0.1, 0.15) is 11.1 Å². The Morgan fingerprint density at radius 1 is 1.03 bits per heavy atom. The summed E-state index contributed by atoms with van der Waals surface area (Å²) in [4.78, 5) is 22.8. The molecule has 0 saturated carbocycles. The van der Waals surface area contributed by atoms with Crippen LogP contribution < -0.4 is 5.32 Å². The topological polar surface area (TPSA) is 85.2 Å². The third-order valence-corrected chi connectivity index (χ3v) is 6.87. The molecular weight excluding hydrogens is 441 g/mol. The van der Waals surface area contributed by atoms with Crippen molar-refractivity contribution in [3.05, 3.63) is 70.8 Å². The van der Waals surface area contributed by atoms with Gasteiger partial charge >= 0.3 is 6.18 Å². The molecule has 2 heterocycles. The van der Waals surface area contributed by atoms with Gasteiger partial charge in [0.05, 0.1) is 20.9 Å². The van der Waals surface area contributed by atoms with Crippen LogP contribution in [0.4, 0.5) is 18.0 Å². The molecule has 0 spiro atoms. The second-order valence-electron chi connectivity index (χ2n) is 6.27. The lowest BCUT2D eigenvalue weighted by Crippen LogP contribution is -2.17. The van der Waals surface area contributed by atoms with Crippen LogP contribution in [0.3, 0.4) is 0 Å². The Kier molecular flexibility index (Phi) is 4.74. The predicted molar refractivity (Wildman–Crippen MR) is 105 cm³/mol. The summed E-state index contributed by atoms with van der Waals surface area (Å²) in [5.74, 6) is -0.557. The number of benzene rings is 2.